The Kier molecular flexibility index (Phi) is 33.2. The van der Waals surface area contributed by atoms with Gasteiger partial charge in [0.15, 0.2) is 12.4 Å². The molecule has 2 unspecified atom stereocenters. The highest BCUT2D eigenvalue weighted by Gasteiger charge is 2.46. The van der Waals surface area contributed by atoms with Crippen molar-refractivity contribution in [2.45, 2.75) is 198 Å². The Bertz CT molecular complexity index is 1320. The zero-order valence-electron chi connectivity index (χ0n) is 36.1. The molecule has 340 valence electrons. The maximum Gasteiger partial charge on any atom is 0.306 e. The van der Waals surface area contributed by atoms with Gasteiger partial charge in [0.1, 0.15) is 36.8 Å². The minimum atomic E-state index is -4.61. The topological polar surface area (TPSA) is 186 Å². The fourth-order valence-electron chi connectivity index (χ4n) is 6.30. The molecule has 4 N–H and O–H groups in total. The molecule has 0 bridgehead atoms. The minimum Gasteiger partial charge on any atom is -0.462 e. The van der Waals surface area contributed by atoms with Crippen LogP contribution < -0.4 is 0 Å². The highest BCUT2D eigenvalue weighted by Crippen LogP contribution is 2.24. The average molecular weight is 855 g/mol. The molecule has 1 saturated heterocycles. The maximum atomic E-state index is 12.8. The first-order valence-corrected chi connectivity index (χ1v) is 24.0. The summed E-state index contributed by atoms with van der Waals surface area (Å²) in [6.45, 7) is 3.65. The van der Waals surface area contributed by atoms with Gasteiger partial charge in [-0.05, 0) is 83.5 Å². The Labute approximate surface area is 355 Å². The molecule has 12 nitrogen and oxygen atoms in total. The quantitative estimate of drug-likeness (QED) is 0.0203. The lowest BCUT2D eigenvalue weighted by atomic mass is 10.00. The summed E-state index contributed by atoms with van der Waals surface area (Å²) in [7, 11) is -4.61. The van der Waals surface area contributed by atoms with Crippen molar-refractivity contribution in [3.8, 4) is 0 Å². The van der Waals surface area contributed by atoms with Crippen LogP contribution in [0.5, 0.6) is 0 Å². The first kappa shape index (κ1) is 54.4. The minimum absolute atomic E-state index is 0.144. The van der Waals surface area contributed by atoms with Crippen molar-refractivity contribution in [1.82, 2.24) is 0 Å². The number of hydrogen-bond donors (Lipinski definition) is 4. The molecule has 0 radical (unpaired) electrons. The van der Waals surface area contributed by atoms with E-state index >= 15 is 0 Å². The molecular formula is C46H78O12S. The van der Waals surface area contributed by atoms with Gasteiger partial charge >= 0.3 is 11.9 Å². The summed E-state index contributed by atoms with van der Waals surface area (Å²) in [6, 6.07) is 0. The molecule has 1 rings (SSSR count). The first-order chi connectivity index (χ1) is 28.5. The third-order valence-corrected chi connectivity index (χ3v) is 10.6. The third-order valence-electron chi connectivity index (χ3n) is 9.82. The molecule has 0 aliphatic carbocycles. The molecule has 1 heterocycles. The molecule has 0 amide bonds. The van der Waals surface area contributed by atoms with Crippen LogP contribution >= 0.6 is 0 Å². The Morgan fingerprint density at radius 2 is 1.02 bits per heavy atom. The number of ether oxygens (including phenoxy) is 4. The van der Waals surface area contributed by atoms with E-state index in [1.54, 1.807) is 0 Å². The van der Waals surface area contributed by atoms with Gasteiger partial charge in [-0.25, -0.2) is 0 Å². The van der Waals surface area contributed by atoms with E-state index in [4.69, 9.17) is 18.9 Å². The number of allylic oxidation sites excluding steroid dienone is 10. The van der Waals surface area contributed by atoms with Gasteiger partial charge in [-0.3, -0.25) is 14.1 Å². The monoisotopic (exact) mass is 855 g/mol. The Balaban J connectivity index is 2.47. The fourth-order valence-corrected chi connectivity index (χ4v) is 6.99. The number of hydrogen-bond acceptors (Lipinski definition) is 11. The van der Waals surface area contributed by atoms with Crippen molar-refractivity contribution in [3.63, 3.8) is 0 Å². The van der Waals surface area contributed by atoms with E-state index < -0.39 is 71.2 Å². The molecule has 0 aromatic heterocycles. The van der Waals surface area contributed by atoms with E-state index in [2.05, 4.69) is 74.6 Å². The lowest BCUT2D eigenvalue weighted by molar-refractivity contribution is -0.297. The van der Waals surface area contributed by atoms with Crippen LogP contribution in [-0.2, 0) is 38.7 Å². The second kappa shape index (κ2) is 36.0. The zero-order chi connectivity index (χ0) is 43.4. The smallest absolute Gasteiger partial charge is 0.306 e. The van der Waals surface area contributed by atoms with Gasteiger partial charge < -0.3 is 34.3 Å². The van der Waals surface area contributed by atoms with Gasteiger partial charge in [-0.2, -0.15) is 8.42 Å². The van der Waals surface area contributed by atoms with Crippen molar-refractivity contribution in [2.24, 2.45) is 0 Å². The summed E-state index contributed by atoms with van der Waals surface area (Å²) in [5.74, 6) is -2.04. The number of esters is 2. The highest BCUT2D eigenvalue weighted by atomic mass is 32.2. The van der Waals surface area contributed by atoms with E-state index in [1.807, 2.05) is 0 Å². The standard InChI is InChI=1S/C46H78O12S/c1-3-5-7-9-11-13-15-17-18-19-20-21-22-23-25-26-28-30-32-34-41(47)55-36-39(37-56-46-45(51)44(50)43(49)40(58-46)38-59(52,53)54)57-42(48)35-33-31-29-27-24-16-14-12-10-8-6-4-2/h11-14,17-18,20-21,23,25,39-40,43-46,49-51H,3-10,15-16,19,22,24,26-38H2,1-2H3,(H,52,53,54)/b13-11+,14-12+,18-17+,21-20+,25-23+/t39-,40-,43-,44?,45?,46+/m1/s1. The normalized spacial score (nSPS) is 20.8. The lowest BCUT2D eigenvalue weighted by Gasteiger charge is -2.40. The van der Waals surface area contributed by atoms with Crippen molar-refractivity contribution >= 4 is 22.1 Å². The largest absolute Gasteiger partial charge is 0.462 e. The van der Waals surface area contributed by atoms with Crippen LogP contribution in [0.25, 0.3) is 0 Å². The Morgan fingerprint density at radius 1 is 0.576 bits per heavy atom. The number of rotatable bonds is 36. The number of aliphatic hydroxyl groups is 3. The molecule has 13 heteroatoms. The number of carbonyl (C=O) groups excluding carboxylic acids is 2. The van der Waals surface area contributed by atoms with Crippen LogP contribution in [0, 0.1) is 0 Å². The number of unbranched alkanes of at least 4 members (excludes halogenated alkanes) is 14. The van der Waals surface area contributed by atoms with E-state index in [9.17, 15) is 37.9 Å². The van der Waals surface area contributed by atoms with Crippen LogP contribution in [0.4, 0.5) is 0 Å². The lowest BCUT2D eigenvalue weighted by Crippen LogP contribution is -2.60. The van der Waals surface area contributed by atoms with Crippen LogP contribution in [0.1, 0.15) is 162 Å². The maximum absolute atomic E-state index is 12.8. The van der Waals surface area contributed by atoms with Gasteiger partial charge in [-0.15, -0.1) is 0 Å². The molecule has 1 aliphatic heterocycles. The second-order valence-electron chi connectivity index (χ2n) is 15.4. The summed E-state index contributed by atoms with van der Waals surface area (Å²) < 4.78 is 54.0. The predicted octanol–water partition coefficient (Wildman–Crippen LogP) is 8.95. The number of carbonyl (C=O) groups is 2. The summed E-state index contributed by atoms with van der Waals surface area (Å²) in [5.41, 5.74) is 0. The van der Waals surface area contributed by atoms with Crippen molar-refractivity contribution in [2.75, 3.05) is 19.0 Å². The van der Waals surface area contributed by atoms with Crippen LogP contribution in [0.3, 0.4) is 0 Å². The van der Waals surface area contributed by atoms with Gasteiger partial charge in [0.2, 0.25) is 0 Å². The first-order valence-electron chi connectivity index (χ1n) is 22.3. The summed E-state index contributed by atoms with van der Waals surface area (Å²) >= 11 is 0. The average Bonchev–Trinajstić information content (AvgIpc) is 3.20. The predicted molar refractivity (Wildman–Crippen MR) is 233 cm³/mol. The second-order valence-corrected chi connectivity index (χ2v) is 16.9. The van der Waals surface area contributed by atoms with E-state index in [1.165, 1.54) is 44.9 Å². The van der Waals surface area contributed by atoms with Gasteiger partial charge in [-0.1, -0.05) is 126 Å². The highest BCUT2D eigenvalue weighted by molar-refractivity contribution is 7.85. The van der Waals surface area contributed by atoms with E-state index in [0.717, 1.165) is 77.0 Å². The van der Waals surface area contributed by atoms with Crippen molar-refractivity contribution in [3.05, 3.63) is 60.8 Å². The Morgan fingerprint density at radius 3 is 1.54 bits per heavy atom. The molecule has 1 aliphatic rings. The van der Waals surface area contributed by atoms with Crippen molar-refractivity contribution < 1.29 is 56.8 Å². The molecule has 59 heavy (non-hydrogen) atoms. The molecular weight excluding hydrogens is 777 g/mol. The fraction of sp³-hybridized carbons (Fsp3) is 0.739. The molecule has 1 fully saturated rings. The van der Waals surface area contributed by atoms with Gasteiger partial charge in [0.25, 0.3) is 10.1 Å². The third kappa shape index (κ3) is 30.9. The Hall–Kier alpha value is -2.65. The van der Waals surface area contributed by atoms with E-state index in [-0.39, 0.29) is 19.4 Å². The van der Waals surface area contributed by atoms with Crippen molar-refractivity contribution in [1.29, 1.82) is 0 Å². The van der Waals surface area contributed by atoms with E-state index in [0.29, 0.717) is 12.8 Å². The number of aliphatic hydroxyl groups excluding tert-OH is 3. The molecule has 6 atom stereocenters. The summed E-state index contributed by atoms with van der Waals surface area (Å²) in [6.07, 6.45) is 34.1. The van der Waals surface area contributed by atoms with Crippen LogP contribution in [-0.4, -0.2) is 96.0 Å². The molecule has 0 spiro atoms. The van der Waals surface area contributed by atoms with Gasteiger partial charge in [0, 0.05) is 12.8 Å². The molecule has 0 aromatic rings. The molecule has 0 aromatic carbocycles. The van der Waals surface area contributed by atoms with Crippen LogP contribution in [0.2, 0.25) is 0 Å². The summed E-state index contributed by atoms with van der Waals surface area (Å²) in [5, 5.41) is 30.8. The molecule has 0 saturated carbocycles. The van der Waals surface area contributed by atoms with Gasteiger partial charge in [0.05, 0.1) is 6.61 Å². The summed E-state index contributed by atoms with van der Waals surface area (Å²) in [4.78, 5) is 25.4. The van der Waals surface area contributed by atoms with Crippen LogP contribution in [0.15, 0.2) is 60.8 Å². The SMILES string of the molecule is CCCCC/C=C/C/C=C/C/C=C/C/C=C/CCCCCC(=O)OC[C@H](CO[C@H]1O[C@H](CS(=O)(=O)O)[C@@H](O)C(O)C1O)OC(=O)CCCCCCC/C=C/CCCCC. The zero-order valence-corrected chi connectivity index (χ0v) is 36.9.